The summed E-state index contributed by atoms with van der Waals surface area (Å²) >= 11 is 0. The number of amides is 2. The summed E-state index contributed by atoms with van der Waals surface area (Å²) in [6.45, 7) is 3.08. The number of pyridine rings is 2. The summed E-state index contributed by atoms with van der Waals surface area (Å²) in [5.41, 5.74) is 3.43. The number of aromatic nitrogens is 4. The second-order valence-corrected chi connectivity index (χ2v) is 10.6. The van der Waals surface area contributed by atoms with Crippen molar-refractivity contribution >= 4 is 16.9 Å². The zero-order valence-corrected chi connectivity index (χ0v) is 21.2. The number of ether oxygens (including phenoxy) is 1. The third-order valence-corrected chi connectivity index (χ3v) is 7.66. The first kappa shape index (κ1) is 24.3. The number of fused-ring (bicyclic) bond motifs is 3. The molecule has 4 aromatic rings. The van der Waals surface area contributed by atoms with Crippen molar-refractivity contribution < 1.29 is 18.3 Å². The number of benzene rings is 1. The van der Waals surface area contributed by atoms with E-state index in [1.807, 2.05) is 47.7 Å². The van der Waals surface area contributed by atoms with Gasteiger partial charge in [0.15, 0.2) is 0 Å². The van der Waals surface area contributed by atoms with Gasteiger partial charge in [0.1, 0.15) is 5.75 Å². The van der Waals surface area contributed by atoms with E-state index in [-0.39, 0.29) is 17.2 Å². The SMILES string of the molecule is CC(C)(NC(=O)N1CCC2(CCn3nc(-c4cnc5ccc(OC(F)F)cc5c4)cc32)C1)c1ccccn1. The van der Waals surface area contributed by atoms with Gasteiger partial charge >= 0.3 is 12.6 Å². The lowest BCUT2D eigenvalue weighted by Gasteiger charge is -2.30. The Morgan fingerprint density at radius 3 is 2.74 bits per heavy atom. The highest BCUT2D eigenvalue weighted by atomic mass is 19.3. The Kier molecular flexibility index (Phi) is 5.77. The molecule has 2 aliphatic rings. The summed E-state index contributed by atoms with van der Waals surface area (Å²) in [5, 5.41) is 8.67. The van der Waals surface area contributed by atoms with E-state index < -0.39 is 12.2 Å². The highest BCUT2D eigenvalue weighted by molar-refractivity contribution is 5.84. The lowest BCUT2D eigenvalue weighted by atomic mass is 9.82. The van der Waals surface area contributed by atoms with Crippen molar-refractivity contribution in [2.75, 3.05) is 13.1 Å². The van der Waals surface area contributed by atoms with Gasteiger partial charge in [0.2, 0.25) is 0 Å². The first-order valence-corrected chi connectivity index (χ1v) is 12.6. The number of carbonyl (C=O) groups is 1. The van der Waals surface area contributed by atoms with Crippen molar-refractivity contribution in [3.8, 4) is 17.0 Å². The molecule has 1 aromatic carbocycles. The first-order chi connectivity index (χ1) is 18.2. The number of nitrogens with one attached hydrogen (secondary N) is 1. The summed E-state index contributed by atoms with van der Waals surface area (Å²) in [5.74, 6) is 0.0910. The molecule has 5 heterocycles. The molecule has 2 aliphatic heterocycles. The lowest BCUT2D eigenvalue weighted by molar-refractivity contribution is -0.0497. The Balaban J connectivity index is 1.21. The Morgan fingerprint density at radius 1 is 1.11 bits per heavy atom. The van der Waals surface area contributed by atoms with E-state index in [0.29, 0.717) is 24.0 Å². The predicted octanol–water partition coefficient (Wildman–Crippen LogP) is 5.09. The second-order valence-electron chi connectivity index (χ2n) is 10.6. The van der Waals surface area contributed by atoms with Crippen molar-refractivity contribution in [1.82, 2.24) is 30.0 Å². The zero-order chi connectivity index (χ0) is 26.5. The number of halogens is 2. The van der Waals surface area contributed by atoms with E-state index in [1.165, 1.54) is 6.07 Å². The average molecular weight is 519 g/mol. The van der Waals surface area contributed by atoms with E-state index in [1.54, 1.807) is 24.5 Å². The van der Waals surface area contributed by atoms with E-state index in [4.69, 9.17) is 5.10 Å². The van der Waals surface area contributed by atoms with Gasteiger partial charge in [-0.3, -0.25) is 14.6 Å². The maximum Gasteiger partial charge on any atom is 0.387 e. The molecule has 6 rings (SSSR count). The second kappa shape index (κ2) is 9.04. The van der Waals surface area contributed by atoms with Crippen LogP contribution in [0.1, 0.15) is 38.1 Å². The number of likely N-dealkylation sites (tertiary alicyclic amines) is 1. The van der Waals surface area contributed by atoms with Crippen LogP contribution < -0.4 is 10.1 Å². The van der Waals surface area contributed by atoms with Gasteiger partial charge in [-0.05, 0) is 69.2 Å². The zero-order valence-electron chi connectivity index (χ0n) is 21.2. The molecule has 1 N–H and O–H groups in total. The van der Waals surface area contributed by atoms with E-state index in [9.17, 15) is 13.6 Å². The third kappa shape index (κ3) is 4.33. The molecule has 0 saturated carbocycles. The fourth-order valence-electron chi connectivity index (χ4n) is 5.63. The van der Waals surface area contributed by atoms with Crippen LogP contribution in [0, 0.1) is 0 Å². The smallest absolute Gasteiger partial charge is 0.387 e. The van der Waals surface area contributed by atoms with Crippen LogP contribution in [0.25, 0.3) is 22.2 Å². The minimum atomic E-state index is -2.88. The molecule has 8 nitrogen and oxygen atoms in total. The molecule has 2 amide bonds. The summed E-state index contributed by atoms with van der Waals surface area (Å²) in [7, 11) is 0. The van der Waals surface area contributed by atoms with Gasteiger partial charge in [-0.1, -0.05) is 6.07 Å². The molecule has 1 spiro atoms. The number of carbonyl (C=O) groups excluding carboxylic acids is 1. The number of aryl methyl sites for hydroxylation is 1. The van der Waals surface area contributed by atoms with Crippen LogP contribution in [-0.2, 0) is 17.5 Å². The van der Waals surface area contributed by atoms with Crippen molar-refractivity contribution in [2.24, 2.45) is 0 Å². The maximum absolute atomic E-state index is 13.2. The van der Waals surface area contributed by atoms with Crippen LogP contribution in [0.3, 0.4) is 0 Å². The summed E-state index contributed by atoms with van der Waals surface area (Å²) in [6.07, 6.45) is 5.26. The highest BCUT2D eigenvalue weighted by Crippen LogP contribution is 2.44. The number of hydrogen-bond acceptors (Lipinski definition) is 5. The molecule has 196 valence electrons. The Labute approximate surface area is 218 Å². The molecular weight excluding hydrogens is 490 g/mol. The molecule has 0 aliphatic carbocycles. The monoisotopic (exact) mass is 518 g/mol. The van der Waals surface area contributed by atoms with E-state index >= 15 is 0 Å². The fraction of sp³-hybridized carbons (Fsp3) is 0.357. The van der Waals surface area contributed by atoms with Crippen LogP contribution in [-0.4, -0.2) is 50.4 Å². The molecule has 0 bridgehead atoms. The van der Waals surface area contributed by atoms with Crippen LogP contribution in [0.15, 0.2) is 60.9 Å². The van der Waals surface area contributed by atoms with Gasteiger partial charge in [-0.2, -0.15) is 13.9 Å². The number of urea groups is 1. The Bertz CT molecular complexity index is 1510. The number of hydrogen-bond donors (Lipinski definition) is 1. The van der Waals surface area contributed by atoms with Crippen LogP contribution in [0.4, 0.5) is 13.6 Å². The van der Waals surface area contributed by atoms with E-state index in [0.717, 1.165) is 42.0 Å². The quantitative estimate of drug-likeness (QED) is 0.398. The maximum atomic E-state index is 13.2. The Hall–Kier alpha value is -4.08. The van der Waals surface area contributed by atoms with Crippen molar-refractivity contribution in [2.45, 2.75) is 50.8 Å². The largest absolute Gasteiger partial charge is 0.435 e. The molecule has 1 saturated heterocycles. The summed E-state index contributed by atoms with van der Waals surface area (Å²) in [4.78, 5) is 24.0. The topological polar surface area (TPSA) is 85.2 Å². The predicted molar refractivity (Wildman–Crippen MR) is 138 cm³/mol. The first-order valence-electron chi connectivity index (χ1n) is 12.6. The van der Waals surface area contributed by atoms with Crippen LogP contribution >= 0.6 is 0 Å². The fourth-order valence-corrected chi connectivity index (χ4v) is 5.63. The summed E-state index contributed by atoms with van der Waals surface area (Å²) in [6, 6.07) is 14.3. The van der Waals surface area contributed by atoms with Crippen molar-refractivity contribution in [3.05, 3.63) is 72.3 Å². The molecule has 1 atom stereocenters. The van der Waals surface area contributed by atoms with Crippen LogP contribution in [0.2, 0.25) is 0 Å². The molecule has 3 aromatic heterocycles. The summed E-state index contributed by atoms with van der Waals surface area (Å²) < 4.78 is 31.9. The third-order valence-electron chi connectivity index (χ3n) is 7.66. The van der Waals surface area contributed by atoms with Gasteiger partial charge in [0.05, 0.1) is 22.4 Å². The molecule has 10 heteroatoms. The minimum Gasteiger partial charge on any atom is -0.435 e. The lowest BCUT2D eigenvalue weighted by Crippen LogP contribution is -2.48. The number of alkyl halides is 2. The molecule has 38 heavy (non-hydrogen) atoms. The Morgan fingerprint density at radius 2 is 1.95 bits per heavy atom. The van der Waals surface area contributed by atoms with Gasteiger partial charge in [-0.15, -0.1) is 0 Å². The minimum absolute atomic E-state index is 0.0910. The molecule has 1 fully saturated rings. The van der Waals surface area contributed by atoms with Crippen LogP contribution in [0.5, 0.6) is 5.75 Å². The normalized spacial score (nSPS) is 18.9. The van der Waals surface area contributed by atoms with Gasteiger partial charge in [-0.25, -0.2) is 4.79 Å². The number of nitrogens with zero attached hydrogens (tertiary/aromatic N) is 5. The van der Waals surface area contributed by atoms with Crippen molar-refractivity contribution in [3.63, 3.8) is 0 Å². The van der Waals surface area contributed by atoms with Crippen molar-refractivity contribution in [1.29, 1.82) is 0 Å². The molecule has 1 unspecified atom stereocenters. The van der Waals surface area contributed by atoms with Gasteiger partial charge < -0.3 is 15.0 Å². The molecular formula is C28H28F2N6O2. The standard InChI is InChI=1S/C28H28F2N6O2/c1-27(2,23-5-3-4-10-31-23)33-26(37)35-11-8-28(17-35)9-12-36-24(28)15-22(34-36)19-13-18-14-20(38-25(29)30)6-7-21(18)32-16-19/h3-7,10,13-16,25H,8-9,11-12,17H2,1-2H3,(H,33,37). The number of rotatable bonds is 5. The van der Waals surface area contributed by atoms with Gasteiger partial charge in [0.25, 0.3) is 0 Å². The average Bonchev–Trinajstić information content (AvgIpc) is 3.60. The van der Waals surface area contributed by atoms with E-state index in [2.05, 4.69) is 26.1 Å². The highest BCUT2D eigenvalue weighted by Gasteiger charge is 2.47. The molecule has 0 radical (unpaired) electrons. The van der Waals surface area contributed by atoms with Gasteiger partial charge in [0, 0.05) is 54.1 Å².